The molecule has 80 valence electrons. The first-order chi connectivity index (χ1) is 5.99. The minimum Gasteiger partial charge on any atom is -0.316 e. The summed E-state index contributed by atoms with van der Waals surface area (Å²) in [6, 6.07) is 1.18. The van der Waals surface area contributed by atoms with Gasteiger partial charge in [-0.25, -0.2) is 0 Å². The molecule has 13 heavy (non-hydrogen) atoms. The molecule has 0 saturated heterocycles. The molecule has 0 rings (SSSR count). The number of nitrogens with zero attached hydrogens (tertiary/aromatic N) is 1. The van der Waals surface area contributed by atoms with Crippen LogP contribution in [0.3, 0.4) is 0 Å². The fourth-order valence-corrected chi connectivity index (χ4v) is 1.29. The van der Waals surface area contributed by atoms with Crippen molar-refractivity contribution in [3.05, 3.63) is 0 Å². The molecular formula is C11H26N2. The Balaban J connectivity index is 3.74. The van der Waals surface area contributed by atoms with E-state index in [1.54, 1.807) is 0 Å². The molecule has 0 aliphatic heterocycles. The molecule has 2 atom stereocenters. The van der Waals surface area contributed by atoms with Crippen LogP contribution in [0.15, 0.2) is 0 Å². The molecule has 0 aromatic rings. The van der Waals surface area contributed by atoms with Crippen LogP contribution in [0.2, 0.25) is 0 Å². The Kier molecular flexibility index (Phi) is 6.35. The van der Waals surface area contributed by atoms with Crippen molar-refractivity contribution in [2.24, 2.45) is 5.92 Å². The zero-order valence-corrected chi connectivity index (χ0v) is 10.1. The predicted molar refractivity (Wildman–Crippen MR) is 60.1 cm³/mol. The maximum Gasteiger partial charge on any atom is 0.0215 e. The van der Waals surface area contributed by atoms with Crippen LogP contribution >= 0.6 is 0 Å². The molecule has 0 fully saturated rings. The molecule has 0 radical (unpaired) electrons. The summed E-state index contributed by atoms with van der Waals surface area (Å²) in [4.78, 5) is 2.43. The van der Waals surface area contributed by atoms with E-state index >= 15 is 0 Å². The second kappa shape index (κ2) is 6.39. The van der Waals surface area contributed by atoms with Crippen molar-refractivity contribution >= 4 is 0 Å². The maximum atomic E-state index is 3.29. The monoisotopic (exact) mass is 186 g/mol. The van der Waals surface area contributed by atoms with Crippen LogP contribution in [0.25, 0.3) is 0 Å². The lowest BCUT2D eigenvalue weighted by Gasteiger charge is -2.30. The summed E-state index contributed by atoms with van der Waals surface area (Å²) in [5, 5.41) is 3.29. The minimum atomic E-state index is 0.567. The zero-order valence-electron chi connectivity index (χ0n) is 10.1. The van der Waals surface area contributed by atoms with Gasteiger partial charge >= 0.3 is 0 Å². The molecule has 0 heterocycles. The van der Waals surface area contributed by atoms with Crippen LogP contribution in [-0.2, 0) is 0 Å². The van der Waals surface area contributed by atoms with Gasteiger partial charge in [-0.1, -0.05) is 13.8 Å². The molecule has 2 heteroatoms. The summed E-state index contributed by atoms with van der Waals surface area (Å²) in [5.74, 6) is 0.805. The highest BCUT2D eigenvalue weighted by molar-refractivity contribution is 4.74. The highest BCUT2D eigenvalue weighted by Gasteiger charge is 2.14. The quantitative estimate of drug-likeness (QED) is 0.682. The first-order valence-corrected chi connectivity index (χ1v) is 5.36. The van der Waals surface area contributed by atoms with Crippen molar-refractivity contribution in [1.82, 2.24) is 10.2 Å². The molecule has 0 spiro atoms. The first kappa shape index (κ1) is 12.9. The number of hydrogen-bond acceptors (Lipinski definition) is 2. The molecule has 0 aliphatic rings. The minimum absolute atomic E-state index is 0.567. The lowest BCUT2D eigenvalue weighted by Crippen LogP contribution is -2.44. The van der Waals surface area contributed by atoms with Crippen LogP contribution in [0, 0.1) is 5.92 Å². The van der Waals surface area contributed by atoms with E-state index in [-0.39, 0.29) is 0 Å². The van der Waals surface area contributed by atoms with Crippen molar-refractivity contribution in [2.75, 3.05) is 20.6 Å². The van der Waals surface area contributed by atoms with Gasteiger partial charge in [0.15, 0.2) is 0 Å². The van der Waals surface area contributed by atoms with Crippen molar-refractivity contribution in [3.63, 3.8) is 0 Å². The molecule has 0 aromatic heterocycles. The van der Waals surface area contributed by atoms with Gasteiger partial charge in [0.25, 0.3) is 0 Å². The molecule has 0 aliphatic carbocycles. The third-order valence-corrected chi connectivity index (χ3v) is 2.93. The van der Waals surface area contributed by atoms with Gasteiger partial charge in [-0.2, -0.15) is 0 Å². The van der Waals surface area contributed by atoms with Gasteiger partial charge in [0.2, 0.25) is 0 Å². The Morgan fingerprint density at radius 1 is 1.15 bits per heavy atom. The summed E-state index contributed by atoms with van der Waals surface area (Å²) in [7, 11) is 4.23. The summed E-state index contributed by atoms with van der Waals surface area (Å²) in [6.45, 7) is 10.3. The average molecular weight is 186 g/mol. The van der Waals surface area contributed by atoms with E-state index in [4.69, 9.17) is 0 Å². The molecule has 0 amide bonds. The second-order valence-corrected chi connectivity index (χ2v) is 4.48. The fourth-order valence-electron chi connectivity index (χ4n) is 1.29. The lowest BCUT2D eigenvalue weighted by molar-refractivity contribution is 0.208. The standard InChI is InChI=1S/C11H26N2/c1-9(2)7-8-13(6)11(4)10(3)12-5/h9-12H,7-8H2,1-6H3. The van der Waals surface area contributed by atoms with Gasteiger partial charge in [-0.15, -0.1) is 0 Å². The third-order valence-electron chi connectivity index (χ3n) is 2.93. The van der Waals surface area contributed by atoms with Crippen LogP contribution in [-0.4, -0.2) is 37.6 Å². The van der Waals surface area contributed by atoms with E-state index < -0.39 is 0 Å². The summed E-state index contributed by atoms with van der Waals surface area (Å²) in [6.07, 6.45) is 1.29. The smallest absolute Gasteiger partial charge is 0.0215 e. The number of likely N-dealkylation sites (N-methyl/N-ethyl adjacent to an activating group) is 2. The average Bonchev–Trinajstić information content (AvgIpc) is 2.11. The Labute approximate surface area is 83.7 Å². The van der Waals surface area contributed by atoms with Gasteiger partial charge in [0, 0.05) is 12.1 Å². The van der Waals surface area contributed by atoms with Crippen LogP contribution in [0.5, 0.6) is 0 Å². The lowest BCUT2D eigenvalue weighted by atomic mass is 10.1. The second-order valence-electron chi connectivity index (χ2n) is 4.48. The maximum absolute atomic E-state index is 3.29. The molecule has 0 aromatic carbocycles. The highest BCUT2D eigenvalue weighted by Crippen LogP contribution is 2.06. The van der Waals surface area contributed by atoms with Crippen LogP contribution in [0.1, 0.15) is 34.1 Å². The molecule has 2 nitrogen and oxygen atoms in total. The van der Waals surface area contributed by atoms with E-state index in [1.165, 1.54) is 13.0 Å². The summed E-state index contributed by atoms with van der Waals surface area (Å²) in [5.41, 5.74) is 0. The summed E-state index contributed by atoms with van der Waals surface area (Å²) >= 11 is 0. The van der Waals surface area contributed by atoms with Gasteiger partial charge in [-0.3, -0.25) is 0 Å². The van der Waals surface area contributed by atoms with Crippen LogP contribution < -0.4 is 5.32 Å². The Bertz CT molecular complexity index is 123. The fraction of sp³-hybridized carbons (Fsp3) is 1.00. The molecule has 1 N–H and O–H groups in total. The first-order valence-electron chi connectivity index (χ1n) is 5.36. The zero-order chi connectivity index (χ0) is 10.4. The number of nitrogens with one attached hydrogen (secondary N) is 1. The highest BCUT2D eigenvalue weighted by atomic mass is 15.1. The van der Waals surface area contributed by atoms with E-state index in [0.717, 1.165) is 5.92 Å². The van der Waals surface area contributed by atoms with E-state index in [0.29, 0.717) is 12.1 Å². The SMILES string of the molecule is CNC(C)C(C)N(C)CCC(C)C. The van der Waals surface area contributed by atoms with Crippen molar-refractivity contribution < 1.29 is 0 Å². The van der Waals surface area contributed by atoms with Crippen LogP contribution in [0.4, 0.5) is 0 Å². The normalized spacial score (nSPS) is 16.6. The van der Waals surface area contributed by atoms with Crippen molar-refractivity contribution in [1.29, 1.82) is 0 Å². The molecule has 0 bridgehead atoms. The van der Waals surface area contributed by atoms with Gasteiger partial charge < -0.3 is 10.2 Å². The Morgan fingerprint density at radius 2 is 1.69 bits per heavy atom. The Hall–Kier alpha value is -0.0800. The Morgan fingerprint density at radius 3 is 2.08 bits per heavy atom. The largest absolute Gasteiger partial charge is 0.316 e. The molecular weight excluding hydrogens is 160 g/mol. The topological polar surface area (TPSA) is 15.3 Å². The molecule has 0 saturated carbocycles. The number of rotatable bonds is 6. The van der Waals surface area contributed by atoms with E-state index in [2.05, 4.69) is 45.0 Å². The third kappa shape index (κ3) is 5.27. The predicted octanol–water partition coefficient (Wildman–Crippen LogP) is 1.96. The van der Waals surface area contributed by atoms with Crippen molar-refractivity contribution in [2.45, 2.75) is 46.2 Å². The van der Waals surface area contributed by atoms with Crippen molar-refractivity contribution in [3.8, 4) is 0 Å². The van der Waals surface area contributed by atoms with Gasteiger partial charge in [-0.05, 0) is 46.8 Å². The van der Waals surface area contributed by atoms with E-state index in [9.17, 15) is 0 Å². The van der Waals surface area contributed by atoms with Gasteiger partial charge in [0.1, 0.15) is 0 Å². The van der Waals surface area contributed by atoms with Gasteiger partial charge in [0.05, 0.1) is 0 Å². The molecule has 2 unspecified atom stereocenters. The summed E-state index contributed by atoms with van der Waals surface area (Å²) < 4.78 is 0. The van der Waals surface area contributed by atoms with E-state index in [1.807, 2.05) is 7.05 Å². The number of hydrogen-bond donors (Lipinski definition) is 1.